The average molecular weight is 335 g/mol. The first-order chi connectivity index (χ1) is 11.3. The number of ether oxygens (including phenoxy) is 2. The van der Waals surface area contributed by atoms with Gasteiger partial charge in [-0.1, -0.05) is 23.9 Å². The third kappa shape index (κ3) is 3.79. The van der Waals surface area contributed by atoms with Gasteiger partial charge >= 0.3 is 6.09 Å². The minimum Gasteiger partial charge on any atom is -0.448 e. The number of amides is 1. The van der Waals surface area contributed by atoms with E-state index >= 15 is 0 Å². The molecule has 0 spiro atoms. The van der Waals surface area contributed by atoms with Crippen LogP contribution in [0.5, 0.6) is 0 Å². The van der Waals surface area contributed by atoms with E-state index in [4.69, 9.17) is 14.5 Å². The molecule has 2 heterocycles. The van der Waals surface area contributed by atoms with Crippen LogP contribution in [0.2, 0.25) is 0 Å². The second-order valence-electron chi connectivity index (χ2n) is 5.33. The molecule has 0 bridgehead atoms. The summed E-state index contributed by atoms with van der Waals surface area (Å²) in [4.78, 5) is 17.9. The minimum atomic E-state index is -0.192. The fraction of sp³-hybridized carbons (Fsp3) is 0.500. The molecule has 2 aromatic rings. The highest BCUT2D eigenvalue weighted by Crippen LogP contribution is 2.24. The Morgan fingerprint density at radius 1 is 1.35 bits per heavy atom. The number of benzene rings is 1. The summed E-state index contributed by atoms with van der Waals surface area (Å²) in [6, 6.07) is 8.15. The highest BCUT2D eigenvalue weighted by molar-refractivity contribution is 7.99. The summed E-state index contributed by atoms with van der Waals surface area (Å²) < 4.78 is 12.3. The summed E-state index contributed by atoms with van der Waals surface area (Å²) in [6.45, 7) is 3.41. The van der Waals surface area contributed by atoms with Crippen molar-refractivity contribution in [2.45, 2.75) is 18.1 Å². The van der Waals surface area contributed by atoms with Crippen molar-refractivity contribution in [3.8, 4) is 0 Å². The molecule has 0 saturated carbocycles. The van der Waals surface area contributed by atoms with Crippen LogP contribution in [0.25, 0.3) is 11.0 Å². The molecule has 1 aliphatic rings. The first kappa shape index (κ1) is 16.1. The predicted octanol–water partition coefficient (Wildman–Crippen LogP) is 2.62. The Labute approximate surface area is 139 Å². The number of nitrogens with zero attached hydrogens (tertiary/aromatic N) is 3. The molecule has 1 aliphatic heterocycles. The molecule has 0 atom stereocenters. The van der Waals surface area contributed by atoms with Crippen LogP contribution in [-0.2, 0) is 16.0 Å². The van der Waals surface area contributed by atoms with Crippen LogP contribution in [0.3, 0.4) is 0 Å². The molecule has 6 nitrogen and oxygen atoms in total. The van der Waals surface area contributed by atoms with Crippen molar-refractivity contribution in [2.75, 3.05) is 39.2 Å². The molecule has 1 amide bonds. The van der Waals surface area contributed by atoms with Crippen LogP contribution in [0.1, 0.15) is 6.42 Å². The molecule has 1 fully saturated rings. The molecule has 1 saturated heterocycles. The number of imidazole rings is 1. The summed E-state index contributed by atoms with van der Waals surface area (Å²) in [5.74, 6) is 0.917. The molecule has 0 N–H and O–H groups in total. The van der Waals surface area contributed by atoms with Gasteiger partial charge in [-0.2, -0.15) is 0 Å². The molecule has 3 rings (SSSR count). The lowest BCUT2D eigenvalue weighted by Gasteiger charge is -2.12. The van der Waals surface area contributed by atoms with Gasteiger partial charge in [-0.05, 0) is 18.6 Å². The van der Waals surface area contributed by atoms with E-state index in [1.165, 1.54) is 0 Å². The number of hydrogen-bond donors (Lipinski definition) is 0. The van der Waals surface area contributed by atoms with Crippen molar-refractivity contribution in [1.82, 2.24) is 14.5 Å². The number of carbonyl (C=O) groups is 1. The maximum absolute atomic E-state index is 11.4. The van der Waals surface area contributed by atoms with Gasteiger partial charge in [0.05, 0.1) is 24.2 Å². The zero-order valence-corrected chi connectivity index (χ0v) is 14.1. The standard InChI is InChI=1S/C16H21N3O3S/c1-21-10-9-19-14-6-3-2-5-13(14)17-15(19)23-12-4-7-18-8-11-22-16(18)20/h2-3,5-6H,4,7-12H2,1H3. The Kier molecular flexibility index (Phi) is 5.40. The van der Waals surface area contributed by atoms with E-state index in [-0.39, 0.29) is 6.09 Å². The van der Waals surface area contributed by atoms with Crippen LogP contribution in [0.4, 0.5) is 4.79 Å². The van der Waals surface area contributed by atoms with Gasteiger partial charge in [0.1, 0.15) is 6.61 Å². The first-order valence-electron chi connectivity index (χ1n) is 7.78. The van der Waals surface area contributed by atoms with Crippen molar-refractivity contribution >= 4 is 28.9 Å². The zero-order valence-electron chi connectivity index (χ0n) is 13.2. The minimum absolute atomic E-state index is 0.192. The number of rotatable bonds is 8. The Balaban J connectivity index is 1.61. The van der Waals surface area contributed by atoms with Crippen LogP contribution in [0, 0.1) is 0 Å². The van der Waals surface area contributed by atoms with Crippen molar-refractivity contribution in [1.29, 1.82) is 0 Å². The highest BCUT2D eigenvalue weighted by atomic mass is 32.2. The average Bonchev–Trinajstić information content (AvgIpc) is 3.13. The van der Waals surface area contributed by atoms with Crippen molar-refractivity contribution < 1.29 is 14.3 Å². The summed E-state index contributed by atoms with van der Waals surface area (Å²) in [5.41, 5.74) is 2.14. The number of carbonyl (C=O) groups excluding carboxylic acids is 1. The van der Waals surface area contributed by atoms with Gasteiger partial charge in [-0.3, -0.25) is 0 Å². The van der Waals surface area contributed by atoms with E-state index in [0.29, 0.717) is 19.8 Å². The number of cyclic esters (lactones) is 1. The maximum Gasteiger partial charge on any atom is 0.409 e. The largest absolute Gasteiger partial charge is 0.448 e. The first-order valence-corrected chi connectivity index (χ1v) is 8.77. The molecular formula is C16H21N3O3S. The quantitative estimate of drug-likeness (QED) is 0.548. The van der Waals surface area contributed by atoms with Crippen LogP contribution >= 0.6 is 11.8 Å². The van der Waals surface area contributed by atoms with E-state index in [1.807, 2.05) is 18.2 Å². The molecule has 0 radical (unpaired) electrons. The third-order valence-electron chi connectivity index (χ3n) is 3.79. The lowest BCUT2D eigenvalue weighted by molar-refractivity contribution is 0.158. The van der Waals surface area contributed by atoms with Crippen molar-refractivity contribution in [2.24, 2.45) is 0 Å². The summed E-state index contributed by atoms with van der Waals surface area (Å²) in [6.07, 6.45) is 0.732. The van der Waals surface area contributed by atoms with E-state index in [0.717, 1.165) is 41.5 Å². The zero-order chi connectivity index (χ0) is 16.1. The van der Waals surface area contributed by atoms with E-state index in [1.54, 1.807) is 23.8 Å². The van der Waals surface area contributed by atoms with Gasteiger partial charge < -0.3 is 18.9 Å². The molecule has 0 unspecified atom stereocenters. The normalized spacial score (nSPS) is 14.7. The van der Waals surface area contributed by atoms with Gasteiger partial charge in [0.2, 0.25) is 0 Å². The van der Waals surface area contributed by atoms with E-state index in [2.05, 4.69) is 10.6 Å². The van der Waals surface area contributed by atoms with Crippen LogP contribution in [-0.4, -0.2) is 59.7 Å². The SMILES string of the molecule is COCCn1c(SCCCN2CCOC2=O)nc2ccccc21. The Bertz CT molecular complexity index is 674. The van der Waals surface area contributed by atoms with Gasteiger partial charge in [-0.15, -0.1) is 0 Å². The highest BCUT2D eigenvalue weighted by Gasteiger charge is 2.21. The lowest BCUT2D eigenvalue weighted by atomic mass is 10.3. The van der Waals surface area contributed by atoms with Gasteiger partial charge in [0, 0.05) is 26.0 Å². The van der Waals surface area contributed by atoms with Crippen LogP contribution in [0.15, 0.2) is 29.4 Å². The third-order valence-corrected chi connectivity index (χ3v) is 4.85. The topological polar surface area (TPSA) is 56.6 Å². The molecule has 124 valence electrons. The summed E-state index contributed by atoms with van der Waals surface area (Å²) >= 11 is 1.73. The Morgan fingerprint density at radius 3 is 3.00 bits per heavy atom. The molecule has 1 aromatic carbocycles. The van der Waals surface area contributed by atoms with Crippen LogP contribution < -0.4 is 0 Å². The van der Waals surface area contributed by atoms with E-state index < -0.39 is 0 Å². The number of methoxy groups -OCH3 is 1. The van der Waals surface area contributed by atoms with E-state index in [9.17, 15) is 4.79 Å². The molecule has 1 aromatic heterocycles. The van der Waals surface area contributed by atoms with Crippen molar-refractivity contribution in [3.63, 3.8) is 0 Å². The summed E-state index contributed by atoms with van der Waals surface area (Å²) in [7, 11) is 1.71. The second kappa shape index (κ2) is 7.70. The fourth-order valence-electron chi connectivity index (χ4n) is 2.61. The Hall–Kier alpha value is -1.73. The number of para-hydroxylation sites is 2. The van der Waals surface area contributed by atoms with Crippen molar-refractivity contribution in [3.05, 3.63) is 24.3 Å². The molecular weight excluding hydrogens is 314 g/mol. The molecule has 23 heavy (non-hydrogen) atoms. The van der Waals surface area contributed by atoms with Gasteiger partial charge in [0.15, 0.2) is 5.16 Å². The maximum atomic E-state index is 11.4. The monoisotopic (exact) mass is 335 g/mol. The van der Waals surface area contributed by atoms with Gasteiger partial charge in [-0.25, -0.2) is 9.78 Å². The smallest absolute Gasteiger partial charge is 0.409 e. The Morgan fingerprint density at radius 2 is 2.22 bits per heavy atom. The summed E-state index contributed by atoms with van der Waals surface area (Å²) in [5, 5.41) is 1.01. The second-order valence-corrected chi connectivity index (χ2v) is 6.39. The molecule has 7 heteroatoms. The predicted molar refractivity (Wildman–Crippen MR) is 89.9 cm³/mol. The lowest BCUT2D eigenvalue weighted by Crippen LogP contribution is -2.25. The molecule has 0 aliphatic carbocycles. The van der Waals surface area contributed by atoms with Gasteiger partial charge in [0.25, 0.3) is 0 Å². The number of thioether (sulfide) groups is 1. The number of hydrogen-bond acceptors (Lipinski definition) is 5. The number of fused-ring (bicyclic) bond motifs is 1. The number of aromatic nitrogens is 2. The fourth-order valence-corrected chi connectivity index (χ4v) is 3.57.